The molecule has 0 N–H and O–H groups in total. The van der Waals surface area contributed by atoms with Crippen LogP contribution in [-0.2, 0) is 11.3 Å². The zero-order valence-electron chi connectivity index (χ0n) is 17.0. The van der Waals surface area contributed by atoms with Gasteiger partial charge in [0.2, 0.25) is 17.7 Å². The van der Waals surface area contributed by atoms with Gasteiger partial charge in [0.15, 0.2) is 0 Å². The second-order valence-corrected chi connectivity index (χ2v) is 8.24. The van der Waals surface area contributed by atoms with E-state index in [1.165, 1.54) is 12.8 Å². The molecule has 2 saturated heterocycles. The fourth-order valence-corrected chi connectivity index (χ4v) is 4.12. The van der Waals surface area contributed by atoms with Gasteiger partial charge in [-0.05, 0) is 31.7 Å². The number of hydrogen-bond acceptors (Lipinski definition) is 9. The minimum atomic E-state index is 0.475. The number of nitrogens with zero attached hydrogens (tertiary/aromatic N) is 7. The van der Waals surface area contributed by atoms with Gasteiger partial charge in [0.25, 0.3) is 0 Å². The molecular formula is C20H29N7O2. The van der Waals surface area contributed by atoms with Crippen molar-refractivity contribution < 1.29 is 9.15 Å². The molecule has 0 unspecified atom stereocenters. The summed E-state index contributed by atoms with van der Waals surface area (Å²) in [6.45, 7) is 5.99. The molecule has 0 atom stereocenters. The van der Waals surface area contributed by atoms with Gasteiger partial charge in [-0.15, -0.1) is 10.2 Å². The lowest BCUT2D eigenvalue weighted by Crippen LogP contribution is -2.43. The van der Waals surface area contributed by atoms with E-state index in [9.17, 15) is 0 Å². The molecule has 3 aliphatic rings. The van der Waals surface area contributed by atoms with Crippen LogP contribution in [0.1, 0.15) is 43.4 Å². The first-order chi connectivity index (χ1) is 14.3. The van der Waals surface area contributed by atoms with Gasteiger partial charge < -0.3 is 19.0 Å². The van der Waals surface area contributed by atoms with Crippen LogP contribution >= 0.6 is 0 Å². The van der Waals surface area contributed by atoms with Crippen molar-refractivity contribution in [1.29, 1.82) is 0 Å². The van der Waals surface area contributed by atoms with Crippen molar-refractivity contribution in [2.75, 3.05) is 56.2 Å². The Kier molecular flexibility index (Phi) is 5.32. The molecule has 0 bridgehead atoms. The van der Waals surface area contributed by atoms with Gasteiger partial charge in [0, 0.05) is 51.4 Å². The summed E-state index contributed by atoms with van der Waals surface area (Å²) in [6, 6.07) is 2.48. The summed E-state index contributed by atoms with van der Waals surface area (Å²) < 4.78 is 11.3. The Labute approximate surface area is 171 Å². The molecule has 0 aromatic carbocycles. The molecule has 2 aromatic rings. The lowest BCUT2D eigenvalue weighted by Gasteiger charge is -2.37. The van der Waals surface area contributed by atoms with Crippen molar-refractivity contribution in [1.82, 2.24) is 25.1 Å². The number of aromatic nitrogens is 4. The zero-order valence-corrected chi connectivity index (χ0v) is 17.0. The van der Waals surface area contributed by atoms with Crippen LogP contribution in [0.3, 0.4) is 0 Å². The van der Waals surface area contributed by atoms with Crippen LogP contribution in [0.2, 0.25) is 0 Å². The fraction of sp³-hybridized carbons (Fsp3) is 0.700. The van der Waals surface area contributed by atoms with Crippen LogP contribution in [0.5, 0.6) is 0 Å². The van der Waals surface area contributed by atoms with Gasteiger partial charge in [0.05, 0.1) is 19.8 Å². The summed E-state index contributed by atoms with van der Waals surface area (Å²) in [6.07, 6.45) is 6.44. The van der Waals surface area contributed by atoms with Gasteiger partial charge in [-0.1, -0.05) is 0 Å². The predicted molar refractivity (Wildman–Crippen MR) is 108 cm³/mol. The number of anilines is 2. The van der Waals surface area contributed by atoms with E-state index in [4.69, 9.17) is 14.1 Å². The van der Waals surface area contributed by atoms with Gasteiger partial charge in [-0.2, -0.15) is 4.98 Å². The normalized spacial score (nSPS) is 21.5. The van der Waals surface area contributed by atoms with E-state index in [0.717, 1.165) is 82.3 Å². The lowest BCUT2D eigenvalue weighted by atomic mass is 10.0. The highest BCUT2D eigenvalue weighted by Gasteiger charge is 2.30. The average molecular weight is 399 g/mol. The zero-order chi connectivity index (χ0) is 19.6. The smallest absolute Gasteiger partial charge is 0.230 e. The Bertz CT molecular complexity index is 811. The highest BCUT2D eigenvalue weighted by Crippen LogP contribution is 2.39. The average Bonchev–Trinajstić information content (AvgIpc) is 3.53. The van der Waals surface area contributed by atoms with E-state index in [1.807, 2.05) is 12.3 Å². The Balaban J connectivity index is 1.16. The van der Waals surface area contributed by atoms with E-state index < -0.39 is 0 Å². The fourth-order valence-electron chi connectivity index (χ4n) is 4.12. The molecule has 0 amide bonds. The van der Waals surface area contributed by atoms with Gasteiger partial charge in [-0.3, -0.25) is 4.90 Å². The predicted octanol–water partition coefficient (Wildman–Crippen LogP) is 1.67. The maximum atomic E-state index is 5.82. The minimum absolute atomic E-state index is 0.475. The number of rotatable bonds is 6. The van der Waals surface area contributed by atoms with Crippen molar-refractivity contribution in [3.8, 4) is 0 Å². The summed E-state index contributed by atoms with van der Waals surface area (Å²) in [5.74, 6) is 3.90. The molecule has 0 radical (unpaired) electrons. The molecule has 29 heavy (non-hydrogen) atoms. The molecule has 156 valence electrons. The molecular weight excluding hydrogens is 370 g/mol. The lowest BCUT2D eigenvalue weighted by molar-refractivity contribution is 0.122. The Morgan fingerprint density at radius 3 is 2.62 bits per heavy atom. The third-order valence-corrected chi connectivity index (χ3v) is 6.16. The summed E-state index contributed by atoms with van der Waals surface area (Å²) in [5.41, 5.74) is 0. The maximum Gasteiger partial charge on any atom is 0.230 e. The molecule has 0 spiro atoms. The third-order valence-electron chi connectivity index (χ3n) is 6.16. The maximum absolute atomic E-state index is 5.82. The molecule has 3 fully saturated rings. The molecule has 1 saturated carbocycles. The van der Waals surface area contributed by atoms with E-state index >= 15 is 0 Å². The van der Waals surface area contributed by atoms with E-state index in [-0.39, 0.29) is 0 Å². The summed E-state index contributed by atoms with van der Waals surface area (Å²) in [4.78, 5) is 16.2. The van der Waals surface area contributed by atoms with Crippen molar-refractivity contribution in [3.05, 3.63) is 24.0 Å². The molecule has 9 nitrogen and oxygen atoms in total. The van der Waals surface area contributed by atoms with Crippen molar-refractivity contribution >= 4 is 11.8 Å². The summed E-state index contributed by atoms with van der Waals surface area (Å²) in [5, 5.41) is 8.42. The van der Waals surface area contributed by atoms with Gasteiger partial charge >= 0.3 is 0 Å². The Morgan fingerprint density at radius 1 is 1.07 bits per heavy atom. The number of morpholine rings is 1. The van der Waals surface area contributed by atoms with E-state index in [0.29, 0.717) is 12.0 Å². The second kappa shape index (κ2) is 8.23. The third kappa shape index (κ3) is 4.35. The van der Waals surface area contributed by atoms with E-state index in [2.05, 4.69) is 36.9 Å². The molecule has 4 heterocycles. The van der Waals surface area contributed by atoms with Crippen LogP contribution in [0.4, 0.5) is 11.8 Å². The molecule has 5 rings (SSSR count). The van der Waals surface area contributed by atoms with Crippen molar-refractivity contribution in [3.63, 3.8) is 0 Å². The van der Waals surface area contributed by atoms with Crippen molar-refractivity contribution in [2.45, 2.75) is 44.2 Å². The largest absolute Gasteiger partial charge is 0.424 e. The van der Waals surface area contributed by atoms with Crippen LogP contribution in [-0.4, -0.2) is 77.5 Å². The highest BCUT2D eigenvalue weighted by molar-refractivity contribution is 5.44. The molecule has 9 heteroatoms. The first-order valence-electron chi connectivity index (χ1n) is 10.7. The first kappa shape index (κ1) is 18.7. The molecule has 2 aliphatic heterocycles. The molecule has 2 aromatic heterocycles. The Hall–Kier alpha value is -2.26. The number of piperidine rings is 1. The topological polar surface area (TPSA) is 83.7 Å². The standard InChI is InChI=1S/C20H29N7O2/c1-25(17-4-7-21-20(22-17)27-10-12-28-13-11-27)16-5-8-26(9-6-16)14-18-23-24-19(29-18)15-2-3-15/h4,7,15-16H,2-3,5-6,8-14H2,1H3. The van der Waals surface area contributed by atoms with Crippen LogP contribution in [0.15, 0.2) is 16.7 Å². The highest BCUT2D eigenvalue weighted by atomic mass is 16.5. The minimum Gasteiger partial charge on any atom is -0.424 e. The summed E-state index contributed by atoms with van der Waals surface area (Å²) >= 11 is 0. The SMILES string of the molecule is CN(c1ccnc(N2CCOCC2)n1)C1CCN(Cc2nnc(C3CC3)o2)CC1. The Morgan fingerprint density at radius 2 is 1.86 bits per heavy atom. The van der Waals surface area contributed by atoms with Crippen molar-refractivity contribution in [2.24, 2.45) is 0 Å². The number of hydrogen-bond donors (Lipinski definition) is 0. The molecule has 1 aliphatic carbocycles. The monoisotopic (exact) mass is 399 g/mol. The van der Waals surface area contributed by atoms with Gasteiger partial charge in [0.1, 0.15) is 5.82 Å². The number of likely N-dealkylation sites (tertiary alicyclic amines) is 1. The summed E-state index contributed by atoms with van der Waals surface area (Å²) in [7, 11) is 2.14. The quantitative estimate of drug-likeness (QED) is 0.720. The second-order valence-electron chi connectivity index (χ2n) is 8.24. The van der Waals surface area contributed by atoms with Crippen LogP contribution in [0, 0.1) is 0 Å². The van der Waals surface area contributed by atoms with Crippen LogP contribution in [0.25, 0.3) is 0 Å². The van der Waals surface area contributed by atoms with E-state index in [1.54, 1.807) is 0 Å². The first-order valence-corrected chi connectivity index (χ1v) is 10.7. The van der Waals surface area contributed by atoms with Gasteiger partial charge in [-0.25, -0.2) is 4.98 Å². The van der Waals surface area contributed by atoms with Crippen LogP contribution < -0.4 is 9.80 Å². The number of ether oxygens (including phenoxy) is 1.